The number of aromatic nitrogens is 5. The zero-order chi connectivity index (χ0) is 17.6. The third-order valence-electron chi connectivity index (χ3n) is 4.83. The standard InChI is InChI=1S/C17H27N7O/c1-3-24-13(2)14(11-20-24)10-19-17(25)16-12-23(22-21-16)9-7-15-6-4-5-8-18-15/h11-12,15,18H,3-10H2,1-2H3,(H,19,25)/t15-/m0/s1. The van der Waals surface area contributed by atoms with Crippen LogP contribution in [0.4, 0.5) is 0 Å². The number of nitrogens with zero attached hydrogens (tertiary/aromatic N) is 5. The molecule has 8 nitrogen and oxygen atoms in total. The highest BCUT2D eigenvalue weighted by Crippen LogP contribution is 2.11. The van der Waals surface area contributed by atoms with Gasteiger partial charge in [-0.3, -0.25) is 14.2 Å². The van der Waals surface area contributed by atoms with E-state index in [4.69, 9.17) is 0 Å². The molecule has 0 radical (unpaired) electrons. The fourth-order valence-electron chi connectivity index (χ4n) is 3.21. The Hall–Kier alpha value is -2.22. The predicted octanol–water partition coefficient (Wildman–Crippen LogP) is 1.27. The molecule has 0 unspecified atom stereocenters. The van der Waals surface area contributed by atoms with Crippen LogP contribution in [-0.4, -0.2) is 43.3 Å². The van der Waals surface area contributed by atoms with Crippen LogP contribution in [-0.2, 0) is 19.6 Å². The lowest BCUT2D eigenvalue weighted by molar-refractivity contribution is 0.0946. The minimum atomic E-state index is -0.203. The van der Waals surface area contributed by atoms with Crippen molar-refractivity contribution in [2.24, 2.45) is 0 Å². The summed E-state index contributed by atoms with van der Waals surface area (Å²) in [5.41, 5.74) is 2.45. The molecule has 1 amide bonds. The molecule has 1 aliphatic heterocycles. The lowest BCUT2D eigenvalue weighted by Gasteiger charge is -2.23. The quantitative estimate of drug-likeness (QED) is 0.789. The molecule has 0 saturated carbocycles. The fourth-order valence-corrected chi connectivity index (χ4v) is 3.21. The van der Waals surface area contributed by atoms with Gasteiger partial charge in [0, 0.05) is 36.9 Å². The molecule has 0 bridgehead atoms. The van der Waals surface area contributed by atoms with Gasteiger partial charge in [0.1, 0.15) is 0 Å². The molecule has 2 aromatic rings. The first-order chi connectivity index (χ1) is 12.2. The lowest BCUT2D eigenvalue weighted by atomic mass is 10.0. The maximum Gasteiger partial charge on any atom is 0.273 e. The van der Waals surface area contributed by atoms with Crippen molar-refractivity contribution in [3.8, 4) is 0 Å². The molecule has 0 aliphatic carbocycles. The van der Waals surface area contributed by atoms with Crippen LogP contribution in [0, 0.1) is 6.92 Å². The van der Waals surface area contributed by atoms with Gasteiger partial charge in [0.15, 0.2) is 5.69 Å². The summed E-state index contributed by atoms with van der Waals surface area (Å²) in [6.45, 7) is 7.20. The molecule has 3 heterocycles. The number of carbonyl (C=O) groups excluding carboxylic acids is 1. The van der Waals surface area contributed by atoms with Crippen molar-refractivity contribution < 1.29 is 4.79 Å². The van der Waals surface area contributed by atoms with Crippen LogP contribution >= 0.6 is 0 Å². The molecule has 8 heteroatoms. The van der Waals surface area contributed by atoms with Crippen LogP contribution in [0.25, 0.3) is 0 Å². The summed E-state index contributed by atoms with van der Waals surface area (Å²) in [5, 5.41) is 18.8. The van der Waals surface area contributed by atoms with Crippen LogP contribution in [0.2, 0.25) is 0 Å². The van der Waals surface area contributed by atoms with Crippen molar-refractivity contribution in [1.29, 1.82) is 0 Å². The van der Waals surface area contributed by atoms with Crippen molar-refractivity contribution in [3.05, 3.63) is 29.3 Å². The average Bonchev–Trinajstić information content (AvgIpc) is 3.25. The Balaban J connectivity index is 1.49. The van der Waals surface area contributed by atoms with Crippen molar-refractivity contribution in [2.45, 2.75) is 65.2 Å². The topological polar surface area (TPSA) is 89.7 Å². The molecule has 136 valence electrons. The van der Waals surface area contributed by atoms with Crippen LogP contribution in [0.5, 0.6) is 0 Å². The third kappa shape index (κ3) is 4.45. The minimum Gasteiger partial charge on any atom is -0.346 e. The van der Waals surface area contributed by atoms with Gasteiger partial charge < -0.3 is 10.6 Å². The second-order valence-electron chi connectivity index (χ2n) is 6.56. The molecule has 2 aromatic heterocycles. The number of amides is 1. The van der Waals surface area contributed by atoms with Gasteiger partial charge in [-0.1, -0.05) is 11.6 Å². The summed E-state index contributed by atoms with van der Waals surface area (Å²) < 4.78 is 3.67. The highest BCUT2D eigenvalue weighted by molar-refractivity contribution is 5.91. The molecule has 3 rings (SSSR count). The van der Waals surface area contributed by atoms with E-state index in [1.54, 1.807) is 17.1 Å². The number of rotatable bonds is 7. The van der Waals surface area contributed by atoms with Crippen LogP contribution in [0.3, 0.4) is 0 Å². The van der Waals surface area contributed by atoms with E-state index in [0.29, 0.717) is 18.3 Å². The SMILES string of the molecule is CCn1ncc(CNC(=O)c2cn(CC[C@@H]3CCCCN3)nn2)c1C. The van der Waals surface area contributed by atoms with Gasteiger partial charge in [0.05, 0.1) is 12.4 Å². The molecule has 0 spiro atoms. The van der Waals surface area contributed by atoms with Crippen molar-refractivity contribution in [2.75, 3.05) is 6.54 Å². The maximum atomic E-state index is 12.3. The normalized spacial score (nSPS) is 17.6. The van der Waals surface area contributed by atoms with E-state index in [9.17, 15) is 4.79 Å². The molecular formula is C17H27N7O. The molecule has 1 aliphatic rings. The first kappa shape index (κ1) is 17.6. The highest BCUT2D eigenvalue weighted by atomic mass is 16.2. The number of piperidine rings is 1. The second-order valence-corrected chi connectivity index (χ2v) is 6.56. The molecule has 25 heavy (non-hydrogen) atoms. The van der Waals surface area contributed by atoms with E-state index in [0.717, 1.165) is 37.3 Å². The van der Waals surface area contributed by atoms with Gasteiger partial charge in [-0.25, -0.2) is 0 Å². The van der Waals surface area contributed by atoms with Crippen molar-refractivity contribution >= 4 is 5.91 Å². The number of carbonyl (C=O) groups is 1. The summed E-state index contributed by atoms with van der Waals surface area (Å²) in [6.07, 6.45) is 8.30. The summed E-state index contributed by atoms with van der Waals surface area (Å²) in [4.78, 5) is 12.3. The average molecular weight is 345 g/mol. The summed E-state index contributed by atoms with van der Waals surface area (Å²) >= 11 is 0. The Morgan fingerprint density at radius 3 is 3.04 bits per heavy atom. The molecule has 1 saturated heterocycles. The Kier molecular flexibility index (Phi) is 5.80. The van der Waals surface area contributed by atoms with Gasteiger partial charge in [-0.05, 0) is 39.7 Å². The van der Waals surface area contributed by atoms with Gasteiger partial charge in [-0.2, -0.15) is 5.10 Å². The molecule has 1 atom stereocenters. The third-order valence-corrected chi connectivity index (χ3v) is 4.83. The Bertz CT molecular complexity index is 700. The van der Waals surface area contributed by atoms with E-state index in [-0.39, 0.29) is 5.91 Å². The first-order valence-corrected chi connectivity index (χ1v) is 9.10. The molecule has 0 aromatic carbocycles. The Morgan fingerprint density at radius 2 is 2.32 bits per heavy atom. The Morgan fingerprint density at radius 1 is 1.44 bits per heavy atom. The Labute approximate surface area is 148 Å². The monoisotopic (exact) mass is 345 g/mol. The van der Waals surface area contributed by atoms with E-state index in [1.807, 2.05) is 18.5 Å². The largest absolute Gasteiger partial charge is 0.346 e. The first-order valence-electron chi connectivity index (χ1n) is 9.10. The summed E-state index contributed by atoms with van der Waals surface area (Å²) in [5.74, 6) is -0.203. The summed E-state index contributed by atoms with van der Waals surface area (Å²) in [6, 6.07) is 0.549. The minimum absolute atomic E-state index is 0.203. The number of hydrogen-bond acceptors (Lipinski definition) is 5. The van der Waals surface area contributed by atoms with Crippen LogP contribution < -0.4 is 10.6 Å². The van der Waals surface area contributed by atoms with Crippen LogP contribution in [0.15, 0.2) is 12.4 Å². The van der Waals surface area contributed by atoms with Gasteiger partial charge in [0.25, 0.3) is 5.91 Å². The molecule has 2 N–H and O–H groups in total. The number of aryl methyl sites for hydroxylation is 2. The zero-order valence-corrected chi connectivity index (χ0v) is 15.0. The van der Waals surface area contributed by atoms with Crippen molar-refractivity contribution in [1.82, 2.24) is 35.4 Å². The lowest BCUT2D eigenvalue weighted by Crippen LogP contribution is -2.34. The van der Waals surface area contributed by atoms with Crippen molar-refractivity contribution in [3.63, 3.8) is 0 Å². The van der Waals surface area contributed by atoms with Gasteiger partial charge in [0.2, 0.25) is 0 Å². The maximum absolute atomic E-state index is 12.3. The van der Waals surface area contributed by atoms with E-state index < -0.39 is 0 Å². The number of hydrogen-bond donors (Lipinski definition) is 2. The van der Waals surface area contributed by atoms with E-state index in [2.05, 4.69) is 26.0 Å². The predicted molar refractivity (Wildman–Crippen MR) is 94.1 cm³/mol. The molecule has 1 fully saturated rings. The van der Waals surface area contributed by atoms with Crippen LogP contribution in [0.1, 0.15) is 54.4 Å². The molecular weight excluding hydrogens is 318 g/mol. The summed E-state index contributed by atoms with van der Waals surface area (Å²) in [7, 11) is 0. The second kappa shape index (κ2) is 8.24. The van der Waals surface area contributed by atoms with E-state index in [1.165, 1.54) is 19.3 Å². The zero-order valence-electron chi connectivity index (χ0n) is 15.0. The highest BCUT2D eigenvalue weighted by Gasteiger charge is 2.15. The van der Waals surface area contributed by atoms with E-state index >= 15 is 0 Å². The van der Waals surface area contributed by atoms with Gasteiger partial charge >= 0.3 is 0 Å². The fraction of sp³-hybridized carbons (Fsp3) is 0.647. The number of nitrogens with one attached hydrogen (secondary N) is 2. The smallest absolute Gasteiger partial charge is 0.273 e. The van der Waals surface area contributed by atoms with Gasteiger partial charge in [-0.15, -0.1) is 5.10 Å².